The van der Waals surface area contributed by atoms with Crippen molar-refractivity contribution in [2.75, 3.05) is 0 Å². The van der Waals surface area contributed by atoms with Crippen LogP contribution in [0.25, 0.3) is 0 Å². The smallest absolute Gasteiger partial charge is 0.234 e. The molecule has 0 bridgehead atoms. The Morgan fingerprint density at radius 1 is 1.47 bits per heavy atom. The predicted molar refractivity (Wildman–Crippen MR) is 62.4 cm³/mol. The highest BCUT2D eigenvalue weighted by Crippen LogP contribution is 2.38. The lowest BCUT2D eigenvalue weighted by molar-refractivity contribution is -0.120. The summed E-state index contributed by atoms with van der Waals surface area (Å²) in [6.07, 6.45) is 3.56. The molecule has 3 atom stereocenters. The summed E-state index contributed by atoms with van der Waals surface area (Å²) < 4.78 is 0. The average Bonchev–Trinajstić information content (AvgIpc) is 1.99. The number of amides is 1. The van der Waals surface area contributed by atoms with E-state index in [-0.39, 0.29) is 11.9 Å². The van der Waals surface area contributed by atoms with Crippen molar-refractivity contribution in [3.63, 3.8) is 0 Å². The third-order valence-corrected chi connectivity index (χ3v) is 3.30. The van der Waals surface area contributed by atoms with Crippen LogP contribution in [-0.4, -0.2) is 18.0 Å². The molecule has 2 unspecified atom stereocenters. The van der Waals surface area contributed by atoms with Crippen LogP contribution in [0.3, 0.4) is 0 Å². The van der Waals surface area contributed by atoms with Crippen molar-refractivity contribution in [2.45, 2.75) is 59.0 Å². The molecule has 0 heterocycles. The first kappa shape index (κ1) is 12.5. The van der Waals surface area contributed by atoms with Crippen LogP contribution in [0.4, 0.5) is 0 Å². The Morgan fingerprint density at radius 2 is 2.07 bits per heavy atom. The molecule has 1 aliphatic rings. The standard InChI is InChI=1S/C12H24N2O/c1-8-5-10(7-12(3,4)6-8)14-9(2)11(13)15/h8-10,14H,5-7H2,1-4H3,(H2,13,15)/t8?,9-,10?/m0/s1. The second-order valence-corrected chi connectivity index (χ2v) is 5.90. The maximum absolute atomic E-state index is 11.0. The van der Waals surface area contributed by atoms with Gasteiger partial charge >= 0.3 is 0 Å². The van der Waals surface area contributed by atoms with E-state index in [2.05, 4.69) is 26.1 Å². The first-order valence-corrected chi connectivity index (χ1v) is 5.85. The van der Waals surface area contributed by atoms with Gasteiger partial charge in [0.05, 0.1) is 6.04 Å². The fraction of sp³-hybridized carbons (Fsp3) is 0.917. The molecule has 0 aliphatic heterocycles. The number of carbonyl (C=O) groups excluding carboxylic acids is 1. The van der Waals surface area contributed by atoms with Crippen molar-refractivity contribution in [3.05, 3.63) is 0 Å². The topological polar surface area (TPSA) is 55.1 Å². The summed E-state index contributed by atoms with van der Waals surface area (Å²) in [7, 11) is 0. The molecule has 0 saturated heterocycles. The van der Waals surface area contributed by atoms with Gasteiger partial charge in [-0.1, -0.05) is 20.8 Å². The minimum Gasteiger partial charge on any atom is -0.368 e. The molecule has 1 aliphatic carbocycles. The zero-order valence-corrected chi connectivity index (χ0v) is 10.3. The second-order valence-electron chi connectivity index (χ2n) is 5.90. The van der Waals surface area contributed by atoms with Crippen molar-refractivity contribution in [1.29, 1.82) is 0 Å². The third kappa shape index (κ3) is 3.82. The van der Waals surface area contributed by atoms with Gasteiger partial charge in [0.25, 0.3) is 0 Å². The summed E-state index contributed by atoms with van der Waals surface area (Å²) in [5, 5.41) is 3.33. The molecular formula is C12H24N2O. The van der Waals surface area contributed by atoms with E-state index >= 15 is 0 Å². The molecule has 15 heavy (non-hydrogen) atoms. The molecule has 0 aromatic rings. The van der Waals surface area contributed by atoms with Crippen LogP contribution >= 0.6 is 0 Å². The number of rotatable bonds is 3. The Morgan fingerprint density at radius 3 is 2.53 bits per heavy atom. The lowest BCUT2D eigenvalue weighted by Crippen LogP contribution is -2.48. The molecule has 0 radical (unpaired) electrons. The number of hydrogen-bond acceptors (Lipinski definition) is 2. The summed E-state index contributed by atoms with van der Waals surface area (Å²) in [6, 6.07) is 0.224. The van der Waals surface area contributed by atoms with Gasteiger partial charge in [0.1, 0.15) is 0 Å². The molecule has 88 valence electrons. The van der Waals surface area contributed by atoms with Gasteiger partial charge in [-0.15, -0.1) is 0 Å². The Balaban J connectivity index is 2.52. The summed E-state index contributed by atoms with van der Waals surface area (Å²) in [6.45, 7) is 8.72. The normalized spacial score (nSPS) is 32.3. The van der Waals surface area contributed by atoms with E-state index in [1.807, 2.05) is 6.92 Å². The zero-order chi connectivity index (χ0) is 11.6. The van der Waals surface area contributed by atoms with Crippen LogP contribution < -0.4 is 11.1 Å². The van der Waals surface area contributed by atoms with Crippen LogP contribution in [0.1, 0.15) is 47.0 Å². The minimum atomic E-state index is -0.258. The summed E-state index contributed by atoms with van der Waals surface area (Å²) in [5.41, 5.74) is 5.64. The molecule has 1 fully saturated rings. The van der Waals surface area contributed by atoms with E-state index < -0.39 is 0 Å². The van der Waals surface area contributed by atoms with Gasteiger partial charge in [-0.2, -0.15) is 0 Å². The predicted octanol–water partition coefficient (Wildman–Crippen LogP) is 1.66. The molecular weight excluding hydrogens is 188 g/mol. The van der Waals surface area contributed by atoms with Crippen molar-refractivity contribution in [2.24, 2.45) is 17.1 Å². The van der Waals surface area contributed by atoms with Crippen LogP contribution in [0.5, 0.6) is 0 Å². The maximum Gasteiger partial charge on any atom is 0.234 e. The molecule has 1 rings (SSSR count). The van der Waals surface area contributed by atoms with Crippen LogP contribution in [0.2, 0.25) is 0 Å². The lowest BCUT2D eigenvalue weighted by Gasteiger charge is -2.40. The molecule has 0 aromatic carbocycles. The Hall–Kier alpha value is -0.570. The molecule has 0 spiro atoms. The summed E-state index contributed by atoms with van der Waals surface area (Å²) >= 11 is 0. The molecule has 3 N–H and O–H groups in total. The van der Waals surface area contributed by atoms with E-state index in [0.717, 1.165) is 18.8 Å². The number of nitrogens with one attached hydrogen (secondary N) is 1. The molecule has 0 aromatic heterocycles. The summed E-state index contributed by atoms with van der Waals surface area (Å²) in [5.74, 6) is 0.470. The first-order chi connectivity index (χ1) is 6.80. The Kier molecular flexibility index (Phi) is 3.77. The fourth-order valence-electron chi connectivity index (χ4n) is 2.91. The zero-order valence-electron chi connectivity index (χ0n) is 10.3. The highest BCUT2D eigenvalue weighted by Gasteiger charge is 2.32. The van der Waals surface area contributed by atoms with Crippen LogP contribution in [-0.2, 0) is 4.79 Å². The molecule has 1 amide bonds. The largest absolute Gasteiger partial charge is 0.368 e. The van der Waals surface area contributed by atoms with Crippen molar-refractivity contribution in [1.82, 2.24) is 5.32 Å². The molecule has 1 saturated carbocycles. The Labute approximate surface area is 92.8 Å². The van der Waals surface area contributed by atoms with E-state index in [9.17, 15) is 4.79 Å². The molecule has 3 nitrogen and oxygen atoms in total. The van der Waals surface area contributed by atoms with E-state index in [4.69, 9.17) is 5.73 Å². The average molecular weight is 212 g/mol. The van der Waals surface area contributed by atoms with Crippen LogP contribution in [0, 0.1) is 11.3 Å². The van der Waals surface area contributed by atoms with Gasteiger partial charge in [0.15, 0.2) is 0 Å². The van der Waals surface area contributed by atoms with Gasteiger partial charge in [0.2, 0.25) is 5.91 Å². The number of primary amides is 1. The maximum atomic E-state index is 11.0. The second kappa shape index (κ2) is 4.52. The summed E-state index contributed by atoms with van der Waals surface area (Å²) in [4.78, 5) is 11.0. The minimum absolute atomic E-state index is 0.212. The van der Waals surface area contributed by atoms with Gasteiger partial charge in [-0.25, -0.2) is 0 Å². The quantitative estimate of drug-likeness (QED) is 0.747. The van der Waals surface area contributed by atoms with E-state index in [0.29, 0.717) is 11.5 Å². The molecule has 3 heteroatoms. The number of carbonyl (C=O) groups is 1. The highest BCUT2D eigenvalue weighted by atomic mass is 16.1. The number of nitrogens with two attached hydrogens (primary N) is 1. The Bertz CT molecular complexity index is 238. The van der Waals surface area contributed by atoms with Crippen molar-refractivity contribution in [3.8, 4) is 0 Å². The highest BCUT2D eigenvalue weighted by molar-refractivity contribution is 5.79. The van der Waals surface area contributed by atoms with E-state index in [1.165, 1.54) is 6.42 Å². The van der Waals surface area contributed by atoms with Gasteiger partial charge in [0, 0.05) is 6.04 Å². The lowest BCUT2D eigenvalue weighted by atomic mass is 9.70. The van der Waals surface area contributed by atoms with E-state index in [1.54, 1.807) is 0 Å². The number of hydrogen-bond donors (Lipinski definition) is 2. The first-order valence-electron chi connectivity index (χ1n) is 5.85. The van der Waals surface area contributed by atoms with Gasteiger partial charge < -0.3 is 11.1 Å². The SMILES string of the molecule is CC1CC(N[C@@H](C)C(N)=O)CC(C)(C)C1. The third-order valence-electron chi connectivity index (χ3n) is 3.30. The van der Waals surface area contributed by atoms with Crippen molar-refractivity contribution >= 4 is 5.91 Å². The fourth-order valence-corrected chi connectivity index (χ4v) is 2.91. The van der Waals surface area contributed by atoms with Crippen molar-refractivity contribution < 1.29 is 4.79 Å². The van der Waals surface area contributed by atoms with Gasteiger partial charge in [-0.05, 0) is 37.5 Å². The van der Waals surface area contributed by atoms with Gasteiger partial charge in [-0.3, -0.25) is 4.79 Å². The van der Waals surface area contributed by atoms with Crippen LogP contribution in [0.15, 0.2) is 0 Å². The monoisotopic (exact) mass is 212 g/mol.